The van der Waals surface area contributed by atoms with Gasteiger partial charge in [-0.2, -0.15) is 0 Å². The van der Waals surface area contributed by atoms with Crippen LogP contribution in [0.3, 0.4) is 0 Å². The van der Waals surface area contributed by atoms with Crippen LogP contribution in [0.2, 0.25) is 0 Å². The molecule has 1 amide bonds. The molecule has 0 aliphatic carbocycles. The van der Waals surface area contributed by atoms with Gasteiger partial charge >= 0.3 is 17.9 Å². The Bertz CT molecular complexity index is 1660. The summed E-state index contributed by atoms with van der Waals surface area (Å²) in [5, 5.41) is 16.4. The molecule has 4 heterocycles. The molecule has 1 saturated heterocycles. The number of carboxylic acids is 2. The van der Waals surface area contributed by atoms with E-state index in [0.29, 0.717) is 66.2 Å². The van der Waals surface area contributed by atoms with Gasteiger partial charge in [-0.1, -0.05) is 11.8 Å². The van der Waals surface area contributed by atoms with Crippen molar-refractivity contribution in [1.29, 1.82) is 0 Å². The topological polar surface area (TPSA) is 235 Å². The van der Waals surface area contributed by atoms with Gasteiger partial charge in [0.05, 0.1) is 0 Å². The predicted molar refractivity (Wildman–Crippen MR) is 172 cm³/mol. The molecule has 0 bridgehead atoms. The molecule has 2 aromatic heterocycles. The number of fused-ring (bicyclic) bond motifs is 2. The molecular weight excluding hydrogens is 702 g/mol. The maximum Gasteiger partial charge on any atom is 0.328 e. The van der Waals surface area contributed by atoms with Crippen LogP contribution in [0, 0.1) is 5.92 Å². The van der Waals surface area contributed by atoms with E-state index in [9.17, 15) is 19.2 Å². The molecule has 2 atom stereocenters. The van der Waals surface area contributed by atoms with Crippen molar-refractivity contribution in [2.24, 2.45) is 11.7 Å². The van der Waals surface area contributed by atoms with Gasteiger partial charge < -0.3 is 45.4 Å². The first-order valence-corrected chi connectivity index (χ1v) is 16.1. The number of aliphatic carboxylic acids is 2. The number of aryl methyl sites for hydroxylation is 1. The van der Waals surface area contributed by atoms with Crippen molar-refractivity contribution in [3.05, 3.63) is 35.1 Å². The summed E-state index contributed by atoms with van der Waals surface area (Å²) in [4.78, 5) is 59.7. The molecule has 2 aliphatic heterocycles. The van der Waals surface area contributed by atoms with Gasteiger partial charge in [-0.3, -0.25) is 9.59 Å². The Balaban J connectivity index is 0.000000555. The van der Waals surface area contributed by atoms with Crippen LogP contribution in [-0.2, 0) is 30.5 Å². The highest BCUT2D eigenvalue weighted by molar-refractivity contribution is 9.10. The van der Waals surface area contributed by atoms with Crippen molar-refractivity contribution >= 4 is 68.5 Å². The number of ether oxygens (including phenoxy) is 3. The summed E-state index contributed by atoms with van der Waals surface area (Å²) in [6.07, 6.45) is 4.29. The van der Waals surface area contributed by atoms with Crippen molar-refractivity contribution in [3.8, 4) is 11.5 Å². The second-order valence-electron chi connectivity index (χ2n) is 10.7. The number of nitrogens with zero attached hydrogens (tertiary/aromatic N) is 5. The lowest BCUT2D eigenvalue weighted by Gasteiger charge is -2.33. The van der Waals surface area contributed by atoms with Gasteiger partial charge in [0.25, 0.3) is 5.91 Å². The molecule has 47 heavy (non-hydrogen) atoms. The van der Waals surface area contributed by atoms with Crippen LogP contribution in [-0.4, -0.2) is 90.5 Å². The predicted octanol–water partition coefficient (Wildman–Crippen LogP) is 2.67. The molecule has 6 N–H and O–H groups in total. The van der Waals surface area contributed by atoms with Crippen molar-refractivity contribution in [3.63, 3.8) is 0 Å². The molecule has 0 unspecified atom stereocenters. The van der Waals surface area contributed by atoms with E-state index in [0.717, 1.165) is 33.8 Å². The number of benzene rings is 1. The Hall–Kier alpha value is -4.42. The second-order valence-corrected chi connectivity index (χ2v) is 12.5. The first kappa shape index (κ1) is 35.4. The Kier molecular flexibility index (Phi) is 12.0. The van der Waals surface area contributed by atoms with Crippen LogP contribution in [0.1, 0.15) is 33.1 Å². The number of piperidine rings is 1. The minimum atomic E-state index is -1.26. The van der Waals surface area contributed by atoms with Crippen molar-refractivity contribution in [2.75, 3.05) is 25.6 Å². The lowest BCUT2D eigenvalue weighted by molar-refractivity contribution is -0.160. The van der Waals surface area contributed by atoms with Crippen molar-refractivity contribution < 1.29 is 43.6 Å². The van der Waals surface area contributed by atoms with E-state index in [1.807, 2.05) is 12.1 Å². The fourth-order valence-corrected chi connectivity index (χ4v) is 6.28. The second kappa shape index (κ2) is 15.9. The lowest BCUT2D eigenvalue weighted by Crippen LogP contribution is -2.45. The van der Waals surface area contributed by atoms with Gasteiger partial charge in [-0.15, -0.1) is 0 Å². The number of esters is 1. The maximum atomic E-state index is 12.7. The Morgan fingerprint density at radius 2 is 1.74 bits per heavy atom. The van der Waals surface area contributed by atoms with Gasteiger partial charge in [-0.05, 0) is 67.1 Å². The van der Waals surface area contributed by atoms with E-state index in [-0.39, 0.29) is 12.7 Å². The first-order valence-electron chi connectivity index (χ1n) is 14.5. The zero-order valence-electron chi connectivity index (χ0n) is 25.5. The van der Waals surface area contributed by atoms with E-state index in [1.165, 1.54) is 25.0 Å². The van der Waals surface area contributed by atoms with E-state index in [1.54, 1.807) is 11.8 Å². The van der Waals surface area contributed by atoms with Crippen molar-refractivity contribution in [2.45, 2.75) is 61.9 Å². The number of carbonyl (C=O) groups excluding carboxylic acids is 2. The number of nitrogen functional groups attached to an aromatic ring is 1. The van der Waals surface area contributed by atoms with Crippen LogP contribution in [0.25, 0.3) is 11.2 Å². The van der Waals surface area contributed by atoms with Gasteiger partial charge in [0.2, 0.25) is 6.79 Å². The normalized spacial score (nSPS) is 15.6. The molecule has 16 nitrogen and oxygen atoms in total. The number of amides is 1. The van der Waals surface area contributed by atoms with Gasteiger partial charge in [0, 0.05) is 41.2 Å². The largest absolute Gasteiger partial charge is 0.478 e. The summed E-state index contributed by atoms with van der Waals surface area (Å²) in [5.41, 5.74) is 12.9. The minimum absolute atomic E-state index is 0.191. The number of aromatic nitrogens is 4. The van der Waals surface area contributed by atoms with E-state index >= 15 is 0 Å². The van der Waals surface area contributed by atoms with Gasteiger partial charge in [0.15, 0.2) is 39.7 Å². The molecule has 1 aromatic carbocycles. The summed E-state index contributed by atoms with van der Waals surface area (Å²) >= 11 is 5.11. The summed E-state index contributed by atoms with van der Waals surface area (Å²) in [7, 11) is 0. The number of halogens is 1. The van der Waals surface area contributed by atoms with E-state index in [2.05, 4.69) is 30.5 Å². The Morgan fingerprint density at radius 3 is 2.36 bits per heavy atom. The zero-order valence-corrected chi connectivity index (χ0v) is 27.9. The van der Waals surface area contributed by atoms with Gasteiger partial charge in [-0.25, -0.2) is 24.5 Å². The third-order valence-electron chi connectivity index (χ3n) is 7.22. The third kappa shape index (κ3) is 9.32. The van der Waals surface area contributed by atoms with Crippen molar-refractivity contribution in [1.82, 2.24) is 24.4 Å². The molecule has 252 valence electrons. The maximum absolute atomic E-state index is 12.7. The number of hydrogen-bond acceptors (Lipinski definition) is 13. The zero-order chi connectivity index (χ0) is 34.2. The fourth-order valence-electron chi connectivity index (χ4n) is 4.77. The fraction of sp³-hybridized carbons (Fsp3) is 0.414. The molecule has 5 rings (SSSR count). The summed E-state index contributed by atoms with van der Waals surface area (Å²) in [6, 6.07) is 3.05. The van der Waals surface area contributed by atoms with Crippen LogP contribution in [0.4, 0.5) is 5.82 Å². The molecule has 18 heteroatoms. The molecule has 3 aromatic rings. The van der Waals surface area contributed by atoms with E-state index in [4.69, 9.17) is 40.9 Å². The standard InChI is InChI=1S/C25H30BrN7O5S.C4H4O4/c1-13(27)24(35)38-14(2)23(34)32-6-3-15(4-7-32)5-8-33-22-20(21(28)29-11-30-22)31-25(33)39-19-10-18-17(9-16(19)26)36-12-37-18;5-3(6)1-2-4(7)8/h9-11,13-15H,3-8,12,27H2,1-2H3,(H2,28,29,30);1-2H,(H,5,6)(H,7,8)/b;2-1-/t13-,14-;/m0./s1. The number of imidazole rings is 1. The lowest BCUT2D eigenvalue weighted by atomic mass is 9.93. The van der Waals surface area contributed by atoms with Crippen LogP contribution in [0.5, 0.6) is 11.5 Å². The van der Waals surface area contributed by atoms with Crippen LogP contribution >= 0.6 is 27.7 Å². The number of carbonyl (C=O) groups is 4. The minimum Gasteiger partial charge on any atom is -0.478 e. The van der Waals surface area contributed by atoms with Crippen LogP contribution < -0.4 is 20.9 Å². The first-order chi connectivity index (χ1) is 22.3. The number of hydrogen-bond donors (Lipinski definition) is 4. The number of anilines is 1. The third-order valence-corrected chi connectivity index (χ3v) is 9.19. The number of likely N-dealkylation sites (tertiary alicyclic amines) is 1. The molecule has 2 aliphatic rings. The molecule has 1 fully saturated rings. The van der Waals surface area contributed by atoms with E-state index < -0.39 is 30.1 Å². The van der Waals surface area contributed by atoms with Crippen LogP contribution in [0.15, 0.2) is 45.1 Å². The summed E-state index contributed by atoms with van der Waals surface area (Å²) in [6.45, 7) is 5.21. The smallest absolute Gasteiger partial charge is 0.328 e. The monoisotopic (exact) mass is 735 g/mol. The van der Waals surface area contributed by atoms with Gasteiger partial charge in [0.1, 0.15) is 12.4 Å². The quantitative estimate of drug-likeness (QED) is 0.173. The highest BCUT2D eigenvalue weighted by atomic mass is 79.9. The highest BCUT2D eigenvalue weighted by Crippen LogP contribution is 2.43. The molecule has 0 saturated carbocycles. The molecule has 0 radical (unpaired) electrons. The Morgan fingerprint density at radius 1 is 1.11 bits per heavy atom. The summed E-state index contributed by atoms with van der Waals surface area (Å²) < 4.78 is 19.1. The Labute approximate surface area is 281 Å². The number of nitrogens with two attached hydrogens (primary N) is 2. The average Bonchev–Trinajstić information content (AvgIpc) is 3.63. The molecular formula is C29H34BrN7O9S. The molecule has 0 spiro atoms. The number of carboxylic acid groups (broad SMARTS) is 2. The summed E-state index contributed by atoms with van der Waals surface area (Å²) in [5.74, 6) is -1.17. The number of rotatable bonds is 10. The SMILES string of the molecule is C[C@H](N)C(=O)O[C@@H](C)C(=O)N1CCC(CCn2c(Sc3cc4c(cc3Br)OCO4)nc3c(N)ncnc32)CC1.O=C(O)/C=C\C(=O)O. The average molecular weight is 737 g/mol. The highest BCUT2D eigenvalue weighted by Gasteiger charge is 2.29.